The van der Waals surface area contributed by atoms with Crippen LogP contribution in [0.5, 0.6) is 0 Å². The predicted octanol–water partition coefficient (Wildman–Crippen LogP) is -0.147. The number of amides is 1. The molecule has 1 amide bonds. The van der Waals surface area contributed by atoms with Crippen molar-refractivity contribution in [2.45, 2.75) is 26.2 Å². The van der Waals surface area contributed by atoms with Gasteiger partial charge in [-0.1, -0.05) is 0 Å². The van der Waals surface area contributed by atoms with E-state index in [1.54, 1.807) is 6.92 Å². The number of carbonyl (C=O) groups excluding carboxylic acids is 1. The van der Waals surface area contributed by atoms with E-state index in [0.29, 0.717) is 19.5 Å². The molecule has 0 spiro atoms. The summed E-state index contributed by atoms with van der Waals surface area (Å²) in [4.78, 5) is 11.7. The highest BCUT2D eigenvalue weighted by Crippen LogP contribution is 2.09. The third kappa shape index (κ3) is 7.71. The van der Waals surface area contributed by atoms with Crippen LogP contribution < -0.4 is 15.4 Å². The summed E-state index contributed by atoms with van der Waals surface area (Å²) in [5.41, 5.74) is 0. The first kappa shape index (κ1) is 18.6. The van der Waals surface area contributed by atoms with Crippen molar-refractivity contribution in [2.75, 3.05) is 31.9 Å². The van der Waals surface area contributed by atoms with E-state index in [1.165, 1.54) is 0 Å². The van der Waals surface area contributed by atoms with E-state index >= 15 is 0 Å². The normalized spacial score (nSPS) is 19.5. The van der Waals surface area contributed by atoms with Crippen LogP contribution in [-0.2, 0) is 14.8 Å². The second-order valence-electron chi connectivity index (χ2n) is 4.49. The first-order valence-corrected chi connectivity index (χ1v) is 8.16. The molecule has 0 aromatic heterocycles. The maximum absolute atomic E-state index is 11.7. The summed E-state index contributed by atoms with van der Waals surface area (Å²) in [6.07, 6.45) is 2.58. The average Bonchev–Trinajstić information content (AvgIpc) is 2.39. The van der Waals surface area contributed by atoms with Crippen molar-refractivity contribution in [3.05, 3.63) is 0 Å². The third-order valence-corrected chi connectivity index (χ3v) is 4.43. The van der Waals surface area contributed by atoms with Gasteiger partial charge in [0.2, 0.25) is 15.9 Å². The van der Waals surface area contributed by atoms with Gasteiger partial charge in [0.25, 0.3) is 0 Å². The molecule has 0 radical (unpaired) electrons. The Bertz CT molecular complexity index is 356. The van der Waals surface area contributed by atoms with Crippen LogP contribution in [0.3, 0.4) is 0 Å². The minimum atomic E-state index is -3.11. The van der Waals surface area contributed by atoms with Crippen molar-refractivity contribution in [3.8, 4) is 0 Å². The molecule has 19 heavy (non-hydrogen) atoms. The molecule has 114 valence electrons. The Labute approximate surface area is 121 Å². The summed E-state index contributed by atoms with van der Waals surface area (Å²) in [5.74, 6) is 0.222. The molecular formula is C11H24ClN3O3S. The molecule has 1 fully saturated rings. The van der Waals surface area contributed by atoms with Crippen molar-refractivity contribution < 1.29 is 13.2 Å². The zero-order chi connectivity index (χ0) is 13.4. The van der Waals surface area contributed by atoms with Crippen molar-refractivity contribution in [2.24, 2.45) is 5.92 Å². The fourth-order valence-electron chi connectivity index (χ4n) is 1.85. The van der Waals surface area contributed by atoms with E-state index in [-0.39, 0.29) is 30.0 Å². The number of rotatable bonds is 7. The van der Waals surface area contributed by atoms with Crippen LogP contribution in [0.2, 0.25) is 0 Å². The molecule has 8 heteroatoms. The summed E-state index contributed by atoms with van der Waals surface area (Å²) in [5, 5.41) is 6.04. The molecule has 6 nitrogen and oxygen atoms in total. The molecule has 1 saturated heterocycles. The highest BCUT2D eigenvalue weighted by molar-refractivity contribution is 7.89. The van der Waals surface area contributed by atoms with Gasteiger partial charge in [0.15, 0.2) is 0 Å². The maximum Gasteiger partial charge on any atom is 0.224 e. The van der Waals surface area contributed by atoms with Crippen molar-refractivity contribution in [1.82, 2.24) is 15.4 Å². The first-order valence-electron chi connectivity index (χ1n) is 6.51. The van der Waals surface area contributed by atoms with Gasteiger partial charge in [0, 0.05) is 19.6 Å². The predicted molar refractivity (Wildman–Crippen MR) is 77.9 cm³/mol. The quantitative estimate of drug-likeness (QED) is 0.571. The van der Waals surface area contributed by atoms with E-state index in [9.17, 15) is 13.2 Å². The highest BCUT2D eigenvalue weighted by Gasteiger charge is 2.20. The van der Waals surface area contributed by atoms with Gasteiger partial charge < -0.3 is 10.6 Å². The van der Waals surface area contributed by atoms with Gasteiger partial charge in [-0.25, -0.2) is 13.1 Å². The number of nitrogens with one attached hydrogen (secondary N) is 3. The fourth-order valence-corrected chi connectivity index (χ4v) is 2.51. The molecule has 0 saturated carbocycles. The number of piperidine rings is 1. The number of carbonyl (C=O) groups is 1. The summed E-state index contributed by atoms with van der Waals surface area (Å²) in [6, 6.07) is 0. The lowest BCUT2D eigenvalue weighted by Crippen LogP contribution is -2.41. The Morgan fingerprint density at radius 1 is 1.37 bits per heavy atom. The average molecular weight is 314 g/mol. The Balaban J connectivity index is 0.00000324. The number of halogens is 1. The van der Waals surface area contributed by atoms with E-state index in [1.807, 2.05) is 0 Å². The standard InChI is InChI=1S/C11H23N3O3S.ClH/c1-2-18(16,17)14-8-4-7-13-11(15)10-5-3-6-12-9-10;/h10,12,14H,2-9H2,1H3,(H,13,15);1H. The third-order valence-electron chi connectivity index (χ3n) is 3.02. The summed E-state index contributed by atoms with van der Waals surface area (Å²) in [7, 11) is -3.11. The molecule has 0 aromatic rings. The molecule has 1 atom stereocenters. The van der Waals surface area contributed by atoms with Crippen LogP contribution in [0.4, 0.5) is 0 Å². The molecule has 1 heterocycles. The van der Waals surface area contributed by atoms with E-state index in [2.05, 4.69) is 15.4 Å². The summed E-state index contributed by atoms with van der Waals surface area (Å²) < 4.78 is 24.7. The fraction of sp³-hybridized carbons (Fsp3) is 0.909. The Kier molecular flexibility index (Phi) is 9.34. The zero-order valence-corrected chi connectivity index (χ0v) is 12.9. The largest absolute Gasteiger partial charge is 0.356 e. The monoisotopic (exact) mass is 313 g/mol. The van der Waals surface area contributed by atoms with Gasteiger partial charge >= 0.3 is 0 Å². The first-order chi connectivity index (χ1) is 8.55. The molecular weight excluding hydrogens is 290 g/mol. The SMILES string of the molecule is CCS(=O)(=O)NCCCNC(=O)C1CCCNC1.Cl. The minimum absolute atomic E-state index is 0. The van der Waals surface area contributed by atoms with Crippen LogP contribution in [0.15, 0.2) is 0 Å². The molecule has 1 aliphatic rings. The van der Waals surface area contributed by atoms with Crippen LogP contribution in [0, 0.1) is 5.92 Å². The molecule has 1 unspecified atom stereocenters. The minimum Gasteiger partial charge on any atom is -0.356 e. The van der Waals surface area contributed by atoms with E-state index in [0.717, 1.165) is 25.9 Å². The molecule has 3 N–H and O–H groups in total. The van der Waals surface area contributed by atoms with Gasteiger partial charge in [-0.15, -0.1) is 12.4 Å². The molecule has 0 aromatic carbocycles. The van der Waals surface area contributed by atoms with Crippen LogP contribution >= 0.6 is 12.4 Å². The van der Waals surface area contributed by atoms with Crippen molar-refractivity contribution >= 4 is 28.3 Å². The number of sulfonamides is 1. The topological polar surface area (TPSA) is 87.3 Å². The lowest BCUT2D eigenvalue weighted by atomic mass is 9.99. The molecule has 0 aliphatic carbocycles. The summed E-state index contributed by atoms with van der Waals surface area (Å²) in [6.45, 7) is 4.22. The maximum atomic E-state index is 11.7. The smallest absolute Gasteiger partial charge is 0.224 e. The van der Waals surface area contributed by atoms with Gasteiger partial charge in [-0.2, -0.15) is 0 Å². The van der Waals surface area contributed by atoms with E-state index < -0.39 is 10.0 Å². The lowest BCUT2D eigenvalue weighted by molar-refractivity contribution is -0.125. The van der Waals surface area contributed by atoms with Crippen LogP contribution in [-0.4, -0.2) is 46.3 Å². The van der Waals surface area contributed by atoms with Gasteiger partial charge in [-0.05, 0) is 32.7 Å². The molecule has 0 bridgehead atoms. The summed E-state index contributed by atoms with van der Waals surface area (Å²) >= 11 is 0. The Morgan fingerprint density at radius 2 is 2.11 bits per heavy atom. The number of hydrogen-bond donors (Lipinski definition) is 3. The van der Waals surface area contributed by atoms with Crippen LogP contribution in [0.25, 0.3) is 0 Å². The molecule has 1 aliphatic heterocycles. The molecule has 1 rings (SSSR count). The number of hydrogen-bond acceptors (Lipinski definition) is 4. The lowest BCUT2D eigenvalue weighted by Gasteiger charge is -2.21. The Hall–Kier alpha value is -0.370. The van der Waals surface area contributed by atoms with Crippen molar-refractivity contribution in [1.29, 1.82) is 0 Å². The van der Waals surface area contributed by atoms with Gasteiger partial charge in [0.1, 0.15) is 0 Å². The van der Waals surface area contributed by atoms with E-state index in [4.69, 9.17) is 0 Å². The second kappa shape index (κ2) is 9.52. The van der Waals surface area contributed by atoms with Gasteiger partial charge in [-0.3, -0.25) is 4.79 Å². The Morgan fingerprint density at radius 3 is 2.68 bits per heavy atom. The van der Waals surface area contributed by atoms with Crippen LogP contribution in [0.1, 0.15) is 26.2 Å². The van der Waals surface area contributed by atoms with Gasteiger partial charge in [0.05, 0.1) is 11.7 Å². The highest BCUT2D eigenvalue weighted by atomic mass is 35.5. The zero-order valence-electron chi connectivity index (χ0n) is 11.3. The van der Waals surface area contributed by atoms with Crippen molar-refractivity contribution in [3.63, 3.8) is 0 Å². The second-order valence-corrected chi connectivity index (χ2v) is 6.58.